The molecule has 0 heterocycles. The topological polar surface area (TPSA) is 57.2 Å². The Kier molecular flexibility index (Phi) is 11.1. The van der Waals surface area contributed by atoms with Gasteiger partial charge in [-0.1, -0.05) is 39.8 Å². The van der Waals surface area contributed by atoms with Gasteiger partial charge in [0.05, 0.1) is 0 Å². The second-order valence-electron chi connectivity index (χ2n) is 2.75. The zero-order chi connectivity index (χ0) is 12.2. The minimum absolute atomic E-state index is 0.135. The Balaban J connectivity index is 3.44. The van der Waals surface area contributed by atoms with Crippen LogP contribution >= 0.6 is 21.6 Å². The van der Waals surface area contributed by atoms with Crippen LogP contribution in [0.4, 0.5) is 0 Å². The molecule has 0 N–H and O–H groups in total. The van der Waals surface area contributed by atoms with Crippen molar-refractivity contribution in [2.24, 2.45) is 0 Å². The van der Waals surface area contributed by atoms with Crippen molar-refractivity contribution in [3.8, 4) is 0 Å². The molecule has 0 aromatic carbocycles. The van der Waals surface area contributed by atoms with Crippen molar-refractivity contribution in [2.45, 2.75) is 13.3 Å². The van der Waals surface area contributed by atoms with Crippen LogP contribution in [-0.4, -0.2) is 27.4 Å². The van der Waals surface area contributed by atoms with Gasteiger partial charge in [0.25, 0.3) is 0 Å². The van der Waals surface area contributed by atoms with Crippen LogP contribution in [0.5, 0.6) is 0 Å². The SMILES string of the molecule is C/C=C/CSS/C=C/CS(=O)CCC(=O)[O-]. The largest absolute Gasteiger partial charge is 0.550 e. The molecule has 1 atom stereocenters. The Labute approximate surface area is 107 Å². The molecule has 3 nitrogen and oxygen atoms in total. The average Bonchev–Trinajstić information content (AvgIpc) is 2.25. The van der Waals surface area contributed by atoms with E-state index in [1.165, 1.54) is 0 Å². The summed E-state index contributed by atoms with van der Waals surface area (Å²) in [6.45, 7) is 1.97. The summed E-state index contributed by atoms with van der Waals surface area (Å²) in [7, 11) is 2.18. The number of rotatable bonds is 9. The summed E-state index contributed by atoms with van der Waals surface area (Å²) in [5.41, 5.74) is 0. The van der Waals surface area contributed by atoms with Gasteiger partial charge in [0, 0.05) is 34.0 Å². The maximum absolute atomic E-state index is 11.2. The first-order chi connectivity index (χ1) is 7.66. The van der Waals surface area contributed by atoms with Gasteiger partial charge in [0.15, 0.2) is 0 Å². The first-order valence-electron chi connectivity index (χ1n) is 4.76. The minimum Gasteiger partial charge on any atom is -0.550 e. The van der Waals surface area contributed by atoms with Gasteiger partial charge in [0.2, 0.25) is 0 Å². The molecule has 0 aliphatic carbocycles. The maximum Gasteiger partial charge on any atom is 0.0423 e. The van der Waals surface area contributed by atoms with Crippen LogP contribution in [-0.2, 0) is 15.6 Å². The van der Waals surface area contributed by atoms with Gasteiger partial charge >= 0.3 is 0 Å². The van der Waals surface area contributed by atoms with Gasteiger partial charge in [-0.15, -0.1) is 0 Å². The summed E-state index contributed by atoms with van der Waals surface area (Å²) in [5, 5.41) is 12.0. The number of aliphatic carboxylic acids is 1. The average molecular weight is 279 g/mol. The summed E-state index contributed by atoms with van der Waals surface area (Å²) < 4.78 is 11.2. The lowest BCUT2D eigenvalue weighted by molar-refractivity contribution is -0.305. The van der Waals surface area contributed by atoms with E-state index in [9.17, 15) is 14.1 Å². The molecule has 0 radical (unpaired) electrons. The molecule has 0 aliphatic rings. The number of hydrogen-bond donors (Lipinski definition) is 0. The molecule has 92 valence electrons. The molecule has 0 saturated heterocycles. The molecule has 0 fully saturated rings. The summed E-state index contributed by atoms with van der Waals surface area (Å²) in [5.74, 6) is 0.376. The first-order valence-corrected chi connectivity index (χ1v) is 8.63. The van der Waals surface area contributed by atoms with Crippen LogP contribution in [0.3, 0.4) is 0 Å². The summed E-state index contributed by atoms with van der Waals surface area (Å²) in [6, 6.07) is 0. The van der Waals surface area contributed by atoms with Gasteiger partial charge in [-0.2, -0.15) is 0 Å². The lowest BCUT2D eigenvalue weighted by atomic mass is 10.5. The van der Waals surface area contributed by atoms with Gasteiger partial charge in [0.1, 0.15) is 0 Å². The Bertz CT molecular complexity index is 274. The van der Waals surface area contributed by atoms with Crippen molar-refractivity contribution in [3.63, 3.8) is 0 Å². The fraction of sp³-hybridized carbons (Fsp3) is 0.500. The molecule has 0 aromatic rings. The van der Waals surface area contributed by atoms with Crippen molar-refractivity contribution < 1.29 is 14.1 Å². The van der Waals surface area contributed by atoms with E-state index >= 15 is 0 Å². The van der Waals surface area contributed by atoms with Crippen molar-refractivity contribution in [1.82, 2.24) is 0 Å². The zero-order valence-corrected chi connectivity index (χ0v) is 11.5. The fourth-order valence-electron chi connectivity index (χ4n) is 0.680. The Morgan fingerprint density at radius 2 is 2.19 bits per heavy atom. The van der Waals surface area contributed by atoms with Crippen LogP contribution in [0.25, 0.3) is 0 Å². The summed E-state index contributed by atoms with van der Waals surface area (Å²) >= 11 is 0. The van der Waals surface area contributed by atoms with Gasteiger partial charge in [-0.25, -0.2) is 0 Å². The molecular weight excluding hydrogens is 264 g/mol. The van der Waals surface area contributed by atoms with Crippen molar-refractivity contribution in [2.75, 3.05) is 17.3 Å². The lowest BCUT2D eigenvalue weighted by Gasteiger charge is -1.99. The second kappa shape index (κ2) is 11.3. The number of carboxylic acids is 1. The lowest BCUT2D eigenvalue weighted by Crippen LogP contribution is -2.24. The monoisotopic (exact) mass is 279 g/mol. The number of carboxylic acid groups (broad SMARTS) is 1. The van der Waals surface area contributed by atoms with Crippen molar-refractivity contribution in [3.05, 3.63) is 23.6 Å². The van der Waals surface area contributed by atoms with E-state index in [4.69, 9.17) is 0 Å². The molecule has 0 saturated carbocycles. The van der Waals surface area contributed by atoms with Crippen LogP contribution in [0, 0.1) is 0 Å². The van der Waals surface area contributed by atoms with E-state index in [1.807, 2.05) is 18.4 Å². The Morgan fingerprint density at radius 1 is 1.44 bits per heavy atom. The predicted octanol–water partition coefficient (Wildman–Crippen LogP) is 1.35. The standard InChI is InChI=1S/C10H16O3S3/c1-2-3-6-14-15-7-4-8-16(13)9-5-10(11)12/h2-4,7H,5-6,8-9H2,1H3,(H,11,12)/p-1/b3-2+,7-4+. The zero-order valence-electron chi connectivity index (χ0n) is 9.09. The van der Waals surface area contributed by atoms with Crippen LogP contribution < -0.4 is 5.11 Å². The second-order valence-corrected chi connectivity index (χ2v) is 6.69. The summed E-state index contributed by atoms with van der Waals surface area (Å²) in [4.78, 5) is 10.1. The smallest absolute Gasteiger partial charge is 0.0423 e. The van der Waals surface area contributed by atoms with E-state index in [0.717, 1.165) is 5.75 Å². The highest BCUT2D eigenvalue weighted by Gasteiger charge is 1.96. The predicted molar refractivity (Wildman–Crippen MR) is 71.5 cm³/mol. The molecule has 0 spiro atoms. The van der Waals surface area contributed by atoms with E-state index in [-0.39, 0.29) is 12.2 Å². The van der Waals surface area contributed by atoms with Crippen LogP contribution in [0.15, 0.2) is 23.6 Å². The summed E-state index contributed by atoms with van der Waals surface area (Å²) in [6.07, 6.45) is 5.72. The van der Waals surface area contributed by atoms with Gasteiger partial charge < -0.3 is 9.90 Å². The Morgan fingerprint density at radius 3 is 2.81 bits per heavy atom. The molecule has 0 bridgehead atoms. The molecule has 16 heavy (non-hydrogen) atoms. The van der Waals surface area contributed by atoms with Crippen molar-refractivity contribution in [1.29, 1.82) is 0 Å². The van der Waals surface area contributed by atoms with Gasteiger partial charge in [-0.05, 0) is 18.8 Å². The molecule has 0 rings (SSSR count). The number of allylic oxidation sites excluding steroid dienone is 1. The van der Waals surface area contributed by atoms with E-state index in [2.05, 4.69) is 6.08 Å². The van der Waals surface area contributed by atoms with Crippen LogP contribution in [0.2, 0.25) is 0 Å². The molecule has 1 unspecified atom stereocenters. The number of carbonyl (C=O) groups is 1. The van der Waals surface area contributed by atoms with Gasteiger partial charge in [-0.3, -0.25) is 4.21 Å². The van der Waals surface area contributed by atoms with E-state index in [0.29, 0.717) is 5.75 Å². The highest BCUT2D eigenvalue weighted by molar-refractivity contribution is 8.77. The molecule has 0 aliphatic heterocycles. The molecule has 0 amide bonds. The molecule has 0 aromatic heterocycles. The molecular formula is C10H15O3S3-. The highest BCUT2D eigenvalue weighted by atomic mass is 33.1. The van der Waals surface area contributed by atoms with E-state index < -0.39 is 16.8 Å². The number of carbonyl (C=O) groups excluding carboxylic acids is 1. The third kappa shape index (κ3) is 11.9. The highest BCUT2D eigenvalue weighted by Crippen LogP contribution is 2.22. The van der Waals surface area contributed by atoms with Crippen LogP contribution in [0.1, 0.15) is 13.3 Å². The Hall–Kier alpha value is -0.200. The third-order valence-corrected chi connectivity index (χ3v) is 4.58. The quantitative estimate of drug-likeness (QED) is 0.362. The molecule has 6 heteroatoms. The fourth-order valence-corrected chi connectivity index (χ4v) is 3.22. The first kappa shape index (κ1) is 15.8. The maximum atomic E-state index is 11.2. The minimum atomic E-state index is -1.14. The normalized spacial score (nSPS) is 13.6. The van der Waals surface area contributed by atoms with E-state index in [1.54, 1.807) is 27.7 Å². The third-order valence-electron chi connectivity index (χ3n) is 1.44. The number of hydrogen-bond acceptors (Lipinski definition) is 5. The van der Waals surface area contributed by atoms with Crippen molar-refractivity contribution >= 4 is 38.4 Å².